The molecule has 0 aromatic carbocycles. The zero-order valence-electron chi connectivity index (χ0n) is 8.31. The normalized spacial score (nSPS) is 12.5. The van der Waals surface area contributed by atoms with E-state index in [0.29, 0.717) is 0 Å². The fourth-order valence-corrected chi connectivity index (χ4v) is 1.15. The number of nitrogens with zero attached hydrogens (tertiary/aromatic N) is 1. The zero-order chi connectivity index (χ0) is 9.84. The summed E-state index contributed by atoms with van der Waals surface area (Å²) in [5.41, 5.74) is 3.35. The summed E-state index contributed by atoms with van der Waals surface area (Å²) in [5.74, 6) is 2.62. The van der Waals surface area contributed by atoms with Gasteiger partial charge in [-0.2, -0.15) is 5.10 Å². The minimum Gasteiger partial charge on any atom is -0.300 e. The van der Waals surface area contributed by atoms with Crippen LogP contribution >= 0.6 is 0 Å². The van der Waals surface area contributed by atoms with Gasteiger partial charge in [-0.1, -0.05) is 5.92 Å². The van der Waals surface area contributed by atoms with Crippen LogP contribution in [0.2, 0.25) is 0 Å². The summed E-state index contributed by atoms with van der Waals surface area (Å²) in [6.07, 6.45) is 5.25. The molecule has 2 N–H and O–H groups in total. The van der Waals surface area contributed by atoms with E-state index in [0.717, 1.165) is 17.9 Å². The molecule has 0 aliphatic heterocycles. The number of terminal acetylenes is 1. The van der Waals surface area contributed by atoms with Crippen LogP contribution in [-0.4, -0.2) is 16.2 Å². The monoisotopic (exact) mass is 177 g/mol. The third-order valence-electron chi connectivity index (χ3n) is 2.12. The van der Waals surface area contributed by atoms with E-state index in [-0.39, 0.29) is 6.04 Å². The van der Waals surface area contributed by atoms with Crippen molar-refractivity contribution >= 4 is 0 Å². The van der Waals surface area contributed by atoms with E-state index >= 15 is 0 Å². The van der Waals surface area contributed by atoms with Crippen LogP contribution in [0.5, 0.6) is 0 Å². The lowest BCUT2D eigenvalue weighted by atomic mass is 10.2. The Morgan fingerprint density at radius 2 is 2.31 bits per heavy atom. The van der Waals surface area contributed by atoms with Gasteiger partial charge in [0.05, 0.1) is 11.7 Å². The Morgan fingerprint density at radius 3 is 2.77 bits per heavy atom. The third-order valence-corrected chi connectivity index (χ3v) is 2.12. The first-order valence-corrected chi connectivity index (χ1v) is 4.35. The minimum atomic E-state index is 0.105. The molecule has 0 radical (unpaired) electrons. The minimum absolute atomic E-state index is 0.105. The molecule has 70 valence electrons. The zero-order valence-corrected chi connectivity index (χ0v) is 8.31. The molecule has 1 aromatic rings. The summed E-state index contributed by atoms with van der Waals surface area (Å²) in [6, 6.07) is 0.105. The summed E-state index contributed by atoms with van der Waals surface area (Å²) < 4.78 is 0. The molecule has 0 bridgehead atoms. The molecule has 0 spiro atoms. The molecule has 0 saturated heterocycles. The number of aryl methyl sites for hydroxylation is 2. The molecule has 0 aliphatic carbocycles. The van der Waals surface area contributed by atoms with E-state index in [9.17, 15) is 0 Å². The molecule has 3 heteroatoms. The average molecular weight is 177 g/mol. The van der Waals surface area contributed by atoms with Gasteiger partial charge >= 0.3 is 0 Å². The lowest BCUT2D eigenvalue weighted by Crippen LogP contribution is -2.24. The van der Waals surface area contributed by atoms with Crippen molar-refractivity contribution in [2.45, 2.75) is 33.4 Å². The highest BCUT2D eigenvalue weighted by molar-refractivity contribution is 5.23. The van der Waals surface area contributed by atoms with Crippen LogP contribution in [0, 0.1) is 26.2 Å². The second kappa shape index (κ2) is 4.11. The van der Waals surface area contributed by atoms with Gasteiger partial charge in [-0.25, -0.2) is 0 Å². The maximum atomic E-state index is 5.25. The quantitative estimate of drug-likeness (QED) is 0.680. The van der Waals surface area contributed by atoms with Crippen molar-refractivity contribution in [1.82, 2.24) is 15.5 Å². The summed E-state index contributed by atoms with van der Waals surface area (Å²) in [5, 5.41) is 10.3. The average Bonchev–Trinajstić information content (AvgIpc) is 2.43. The van der Waals surface area contributed by atoms with Crippen molar-refractivity contribution in [3.8, 4) is 12.3 Å². The van der Waals surface area contributed by atoms with Gasteiger partial charge in [0.25, 0.3) is 0 Å². The summed E-state index contributed by atoms with van der Waals surface area (Å²) in [7, 11) is 0. The van der Waals surface area contributed by atoms with E-state index in [1.165, 1.54) is 5.56 Å². The molecule has 0 fully saturated rings. The van der Waals surface area contributed by atoms with Crippen molar-refractivity contribution in [3.63, 3.8) is 0 Å². The van der Waals surface area contributed by atoms with Gasteiger partial charge in [0.1, 0.15) is 0 Å². The molecule has 3 nitrogen and oxygen atoms in total. The smallest absolute Gasteiger partial charge is 0.0660 e. The second-order valence-corrected chi connectivity index (χ2v) is 3.18. The first kappa shape index (κ1) is 9.82. The van der Waals surface area contributed by atoms with Crippen LogP contribution < -0.4 is 5.32 Å². The second-order valence-electron chi connectivity index (χ2n) is 3.18. The van der Waals surface area contributed by atoms with Gasteiger partial charge in [0.15, 0.2) is 0 Å². The number of rotatable bonds is 3. The highest BCUT2D eigenvalue weighted by Crippen LogP contribution is 2.08. The van der Waals surface area contributed by atoms with Crippen LogP contribution in [0.3, 0.4) is 0 Å². The number of nitrogens with one attached hydrogen (secondary N) is 2. The Hall–Kier alpha value is -1.27. The third kappa shape index (κ3) is 2.33. The van der Waals surface area contributed by atoms with Crippen LogP contribution in [0.15, 0.2) is 0 Å². The standard InChI is InChI=1S/C10H15N3/c1-5-7(2)11-6-10-8(3)12-13-9(10)4/h1,7,11H,6H2,2-4H3,(H,12,13). The number of hydrogen-bond acceptors (Lipinski definition) is 2. The Morgan fingerprint density at radius 1 is 1.62 bits per heavy atom. The van der Waals surface area contributed by atoms with Gasteiger partial charge in [-0.15, -0.1) is 6.42 Å². The van der Waals surface area contributed by atoms with Crippen molar-refractivity contribution in [2.75, 3.05) is 0 Å². The van der Waals surface area contributed by atoms with Crippen LogP contribution in [0.1, 0.15) is 23.9 Å². The van der Waals surface area contributed by atoms with E-state index in [1.807, 2.05) is 20.8 Å². The Balaban J connectivity index is 2.60. The Bertz CT molecular complexity index is 300. The molecular weight excluding hydrogens is 162 g/mol. The van der Waals surface area contributed by atoms with Crippen LogP contribution in [0.25, 0.3) is 0 Å². The van der Waals surface area contributed by atoms with Crippen molar-refractivity contribution < 1.29 is 0 Å². The lowest BCUT2D eigenvalue weighted by molar-refractivity contribution is 0.644. The van der Waals surface area contributed by atoms with Crippen molar-refractivity contribution in [2.24, 2.45) is 0 Å². The highest BCUT2D eigenvalue weighted by atomic mass is 15.1. The Kier molecular flexibility index (Phi) is 3.10. The summed E-state index contributed by atoms with van der Waals surface area (Å²) in [4.78, 5) is 0. The Labute approximate surface area is 78.9 Å². The number of hydrogen-bond donors (Lipinski definition) is 2. The van der Waals surface area contributed by atoms with Crippen molar-refractivity contribution in [1.29, 1.82) is 0 Å². The largest absolute Gasteiger partial charge is 0.300 e. The molecule has 1 unspecified atom stereocenters. The maximum absolute atomic E-state index is 5.25. The number of aromatic amines is 1. The predicted octanol–water partition coefficient (Wildman–Crippen LogP) is 1.14. The fourth-order valence-electron chi connectivity index (χ4n) is 1.15. The maximum Gasteiger partial charge on any atom is 0.0660 e. The van der Waals surface area contributed by atoms with Crippen molar-refractivity contribution in [3.05, 3.63) is 17.0 Å². The van der Waals surface area contributed by atoms with E-state index in [2.05, 4.69) is 21.4 Å². The van der Waals surface area contributed by atoms with Gasteiger partial charge in [-0.05, 0) is 20.8 Å². The van der Waals surface area contributed by atoms with Gasteiger partial charge in [0, 0.05) is 17.8 Å². The molecule has 0 amide bonds. The molecule has 1 aromatic heterocycles. The molecule has 1 heterocycles. The molecule has 0 aliphatic rings. The van der Waals surface area contributed by atoms with E-state index < -0.39 is 0 Å². The fraction of sp³-hybridized carbons (Fsp3) is 0.500. The summed E-state index contributed by atoms with van der Waals surface area (Å²) >= 11 is 0. The topological polar surface area (TPSA) is 40.7 Å². The summed E-state index contributed by atoms with van der Waals surface area (Å²) in [6.45, 7) is 6.74. The SMILES string of the molecule is C#CC(C)NCc1c(C)n[nH]c1C. The molecule has 1 atom stereocenters. The molecular formula is C10H15N3. The van der Waals surface area contributed by atoms with E-state index in [4.69, 9.17) is 6.42 Å². The molecule has 1 rings (SSSR count). The van der Waals surface area contributed by atoms with Crippen LogP contribution in [-0.2, 0) is 6.54 Å². The molecule has 0 saturated carbocycles. The predicted molar refractivity (Wildman–Crippen MR) is 53.2 cm³/mol. The van der Waals surface area contributed by atoms with Gasteiger partial charge in [0.2, 0.25) is 0 Å². The first-order chi connectivity index (χ1) is 6.15. The van der Waals surface area contributed by atoms with E-state index in [1.54, 1.807) is 0 Å². The highest BCUT2D eigenvalue weighted by Gasteiger charge is 2.06. The number of aromatic nitrogens is 2. The van der Waals surface area contributed by atoms with Gasteiger partial charge < -0.3 is 0 Å². The first-order valence-electron chi connectivity index (χ1n) is 4.35. The molecule has 13 heavy (non-hydrogen) atoms. The van der Waals surface area contributed by atoms with Gasteiger partial charge in [-0.3, -0.25) is 10.4 Å². The van der Waals surface area contributed by atoms with Crippen LogP contribution in [0.4, 0.5) is 0 Å². The number of H-pyrrole nitrogens is 1. The lowest BCUT2D eigenvalue weighted by Gasteiger charge is -2.06.